The number of nitrogens with zero attached hydrogens (tertiary/aromatic N) is 3. The zero-order valence-electron chi connectivity index (χ0n) is 19.6. The van der Waals surface area contributed by atoms with Gasteiger partial charge in [0, 0.05) is 50.0 Å². The molecule has 0 amide bonds. The molecule has 180 valence electrons. The molecule has 0 radical (unpaired) electrons. The highest BCUT2D eigenvalue weighted by atomic mass is 32.2. The second kappa shape index (κ2) is 10.3. The van der Waals surface area contributed by atoms with Crippen LogP contribution in [0.25, 0.3) is 11.1 Å². The standard InChI is InChI=1S/C25H29N3O5S/c1-31-23-10-6-4-8-20(23)21-16-19(17-26-25(21)33-34(3,29)30)18-27-12-14-28(15-13-27)22-9-5-7-11-24(22)32-2/h4-11,16-17H,12-15,18H2,1-3H3. The van der Waals surface area contributed by atoms with Crippen LogP contribution in [-0.4, -0.2) is 65.0 Å². The third-order valence-electron chi connectivity index (χ3n) is 5.74. The van der Waals surface area contributed by atoms with Crippen LogP contribution in [0.3, 0.4) is 0 Å². The maximum Gasteiger partial charge on any atom is 0.307 e. The normalized spacial score (nSPS) is 14.6. The van der Waals surface area contributed by atoms with Crippen molar-refractivity contribution in [2.75, 3.05) is 51.6 Å². The largest absolute Gasteiger partial charge is 0.496 e. The van der Waals surface area contributed by atoms with Crippen LogP contribution in [0, 0.1) is 0 Å². The monoisotopic (exact) mass is 483 g/mol. The number of anilines is 1. The maximum atomic E-state index is 11.8. The van der Waals surface area contributed by atoms with E-state index in [1.165, 1.54) is 0 Å². The van der Waals surface area contributed by atoms with Gasteiger partial charge in [0.2, 0.25) is 5.88 Å². The number of piperazine rings is 1. The molecular weight excluding hydrogens is 454 g/mol. The van der Waals surface area contributed by atoms with Crippen molar-refractivity contribution < 1.29 is 22.1 Å². The summed E-state index contributed by atoms with van der Waals surface area (Å²) in [5.41, 5.74) is 3.37. The van der Waals surface area contributed by atoms with Gasteiger partial charge in [-0.15, -0.1) is 0 Å². The molecule has 1 fully saturated rings. The van der Waals surface area contributed by atoms with Gasteiger partial charge in [0.15, 0.2) is 0 Å². The van der Waals surface area contributed by atoms with Gasteiger partial charge in [-0.25, -0.2) is 4.98 Å². The van der Waals surface area contributed by atoms with Gasteiger partial charge in [-0.1, -0.05) is 30.3 Å². The fourth-order valence-electron chi connectivity index (χ4n) is 4.15. The molecule has 4 rings (SSSR count). The summed E-state index contributed by atoms with van der Waals surface area (Å²) >= 11 is 0. The molecule has 8 nitrogen and oxygen atoms in total. The lowest BCUT2D eigenvalue weighted by molar-refractivity contribution is 0.249. The van der Waals surface area contributed by atoms with Crippen LogP contribution < -0.4 is 18.6 Å². The number of ether oxygens (including phenoxy) is 2. The molecule has 2 heterocycles. The summed E-state index contributed by atoms with van der Waals surface area (Å²) < 4.78 is 39.8. The maximum absolute atomic E-state index is 11.8. The highest BCUT2D eigenvalue weighted by Gasteiger charge is 2.21. The second-order valence-electron chi connectivity index (χ2n) is 8.12. The molecule has 2 aromatic carbocycles. The van der Waals surface area contributed by atoms with Crippen LogP contribution in [0.5, 0.6) is 17.4 Å². The van der Waals surface area contributed by atoms with Gasteiger partial charge in [0.1, 0.15) is 11.5 Å². The molecule has 0 unspecified atom stereocenters. The van der Waals surface area contributed by atoms with E-state index >= 15 is 0 Å². The zero-order valence-corrected chi connectivity index (χ0v) is 20.4. The lowest BCUT2D eigenvalue weighted by atomic mass is 10.0. The molecule has 0 aliphatic carbocycles. The summed E-state index contributed by atoms with van der Waals surface area (Å²) in [4.78, 5) is 9.04. The van der Waals surface area contributed by atoms with E-state index < -0.39 is 10.1 Å². The number of hydrogen-bond acceptors (Lipinski definition) is 8. The third kappa shape index (κ3) is 5.60. The first-order valence-electron chi connectivity index (χ1n) is 11.0. The molecule has 9 heteroatoms. The van der Waals surface area contributed by atoms with Gasteiger partial charge in [0.25, 0.3) is 0 Å². The Labute approximate surface area is 200 Å². The zero-order chi connectivity index (χ0) is 24.1. The number of pyridine rings is 1. The predicted molar refractivity (Wildman–Crippen MR) is 132 cm³/mol. The SMILES string of the molecule is COc1ccccc1-c1cc(CN2CCN(c3ccccc3OC)CC2)cnc1OS(C)(=O)=O. The molecule has 0 N–H and O–H groups in total. The van der Waals surface area contributed by atoms with Crippen molar-refractivity contribution in [2.45, 2.75) is 6.54 Å². The molecule has 1 saturated heterocycles. The van der Waals surface area contributed by atoms with E-state index in [4.69, 9.17) is 13.7 Å². The average molecular weight is 484 g/mol. The van der Waals surface area contributed by atoms with Gasteiger partial charge in [-0.2, -0.15) is 8.42 Å². The van der Waals surface area contributed by atoms with Crippen LogP contribution in [0.2, 0.25) is 0 Å². The minimum atomic E-state index is -3.74. The molecule has 0 saturated carbocycles. The fourth-order valence-corrected chi connectivity index (χ4v) is 4.57. The van der Waals surface area contributed by atoms with E-state index in [1.807, 2.05) is 48.5 Å². The van der Waals surface area contributed by atoms with Crippen molar-refractivity contribution in [3.05, 3.63) is 66.4 Å². The van der Waals surface area contributed by atoms with Gasteiger partial charge in [-0.3, -0.25) is 4.90 Å². The number of methoxy groups -OCH3 is 2. The number of aromatic nitrogens is 1. The Kier molecular flexibility index (Phi) is 7.23. The molecule has 34 heavy (non-hydrogen) atoms. The van der Waals surface area contributed by atoms with Crippen LogP contribution in [0.15, 0.2) is 60.8 Å². The summed E-state index contributed by atoms with van der Waals surface area (Å²) in [7, 11) is -0.464. The van der Waals surface area contributed by atoms with Crippen molar-refractivity contribution in [1.82, 2.24) is 9.88 Å². The third-order valence-corrected chi connectivity index (χ3v) is 6.20. The van der Waals surface area contributed by atoms with Crippen molar-refractivity contribution >= 4 is 15.8 Å². The summed E-state index contributed by atoms with van der Waals surface area (Å²) in [6, 6.07) is 17.4. The number of rotatable bonds is 8. The topological polar surface area (TPSA) is 81.2 Å². The summed E-state index contributed by atoms with van der Waals surface area (Å²) in [5, 5.41) is 0. The predicted octanol–water partition coefficient (Wildman–Crippen LogP) is 3.43. The van der Waals surface area contributed by atoms with Crippen LogP contribution in [0.1, 0.15) is 5.56 Å². The van der Waals surface area contributed by atoms with Crippen molar-refractivity contribution in [3.8, 4) is 28.5 Å². The number of benzene rings is 2. The summed E-state index contributed by atoms with van der Waals surface area (Å²) in [6.45, 7) is 4.20. The van der Waals surface area contributed by atoms with Gasteiger partial charge in [0.05, 0.1) is 26.2 Å². The molecule has 1 aliphatic rings. The van der Waals surface area contributed by atoms with Crippen molar-refractivity contribution in [2.24, 2.45) is 0 Å². The Hall–Kier alpha value is -3.30. The summed E-state index contributed by atoms with van der Waals surface area (Å²) in [6.07, 6.45) is 2.68. The smallest absolute Gasteiger partial charge is 0.307 e. The first-order chi connectivity index (χ1) is 16.4. The second-order valence-corrected chi connectivity index (χ2v) is 9.69. The quantitative estimate of drug-likeness (QED) is 0.451. The Balaban J connectivity index is 1.54. The molecule has 0 bridgehead atoms. The van der Waals surface area contributed by atoms with Crippen LogP contribution >= 0.6 is 0 Å². The molecule has 3 aromatic rings. The van der Waals surface area contributed by atoms with E-state index in [-0.39, 0.29) is 5.88 Å². The fraction of sp³-hybridized carbons (Fsp3) is 0.320. The van der Waals surface area contributed by atoms with Crippen molar-refractivity contribution in [1.29, 1.82) is 0 Å². The molecule has 0 spiro atoms. The van der Waals surface area contributed by atoms with Crippen LogP contribution in [0.4, 0.5) is 5.69 Å². The Morgan fingerprint density at radius 1 is 0.882 bits per heavy atom. The van der Waals surface area contributed by atoms with Gasteiger partial charge < -0.3 is 18.6 Å². The average Bonchev–Trinajstić information content (AvgIpc) is 2.84. The van der Waals surface area contributed by atoms with E-state index in [0.717, 1.165) is 55.0 Å². The Morgan fingerprint density at radius 2 is 1.53 bits per heavy atom. The molecular formula is C25H29N3O5S. The molecule has 1 aromatic heterocycles. The first-order valence-corrected chi connectivity index (χ1v) is 12.8. The highest BCUT2D eigenvalue weighted by Crippen LogP contribution is 2.36. The number of para-hydroxylation sites is 3. The minimum Gasteiger partial charge on any atom is -0.496 e. The van der Waals surface area contributed by atoms with E-state index in [9.17, 15) is 8.42 Å². The molecule has 1 aliphatic heterocycles. The Bertz CT molecular complexity index is 1240. The van der Waals surface area contributed by atoms with E-state index in [0.29, 0.717) is 17.9 Å². The van der Waals surface area contributed by atoms with Gasteiger partial charge >= 0.3 is 10.1 Å². The Morgan fingerprint density at radius 3 is 2.21 bits per heavy atom. The van der Waals surface area contributed by atoms with Gasteiger partial charge in [-0.05, 0) is 29.8 Å². The first kappa shape index (κ1) is 23.8. The molecule has 0 atom stereocenters. The van der Waals surface area contributed by atoms with E-state index in [1.54, 1.807) is 20.4 Å². The van der Waals surface area contributed by atoms with Crippen molar-refractivity contribution in [3.63, 3.8) is 0 Å². The summed E-state index contributed by atoms with van der Waals surface area (Å²) in [5.74, 6) is 1.53. The van der Waals surface area contributed by atoms with Crippen LogP contribution in [-0.2, 0) is 16.7 Å². The lowest BCUT2D eigenvalue weighted by Gasteiger charge is -2.36. The highest BCUT2D eigenvalue weighted by molar-refractivity contribution is 7.86. The minimum absolute atomic E-state index is 0.0386. The van der Waals surface area contributed by atoms with E-state index in [2.05, 4.69) is 20.9 Å². The number of hydrogen-bond donors (Lipinski definition) is 0. The lowest BCUT2D eigenvalue weighted by Crippen LogP contribution is -2.46.